The number of rotatable bonds is 56. The van der Waals surface area contributed by atoms with Gasteiger partial charge in [-0.05, 0) is 116 Å². The maximum Gasteiger partial charge on any atom is 0.472 e. The Bertz CT molecular complexity index is 1600. The van der Waals surface area contributed by atoms with Crippen LogP contribution in [0.25, 0.3) is 0 Å². The van der Waals surface area contributed by atoms with E-state index in [9.17, 15) is 28.9 Å². The van der Waals surface area contributed by atoms with Crippen molar-refractivity contribution in [2.75, 3.05) is 26.4 Å². The van der Waals surface area contributed by atoms with Crippen LogP contribution >= 0.6 is 7.82 Å². The molecule has 76 heavy (non-hydrogen) atoms. The van der Waals surface area contributed by atoms with E-state index in [1.807, 2.05) is 0 Å². The summed E-state index contributed by atoms with van der Waals surface area (Å²) >= 11 is 0. The van der Waals surface area contributed by atoms with E-state index in [4.69, 9.17) is 23.3 Å². The summed E-state index contributed by atoms with van der Waals surface area (Å²) in [5, 5.41) is 9.83. The minimum atomic E-state index is -4.76. The zero-order valence-corrected chi connectivity index (χ0v) is 49.3. The second-order valence-corrected chi connectivity index (χ2v) is 21.6. The number of esters is 3. The Morgan fingerprint density at radius 1 is 0.382 bits per heavy atom. The number of carbonyl (C=O) groups excluding carboxylic acids is 3. The average molecular weight is 1090 g/mol. The normalized spacial score (nSPS) is 13.9. The number of unbranched alkanes of at least 4 members (excludes halogenated alkanes) is 25. The molecule has 0 aliphatic rings. The lowest BCUT2D eigenvalue weighted by atomic mass is 10.1. The number of phosphoric acid groups is 1. The molecule has 0 saturated heterocycles. The van der Waals surface area contributed by atoms with Gasteiger partial charge in [-0.3, -0.25) is 23.4 Å². The Labute approximate surface area is 464 Å². The van der Waals surface area contributed by atoms with Crippen LogP contribution in [-0.4, -0.2) is 66.5 Å². The van der Waals surface area contributed by atoms with Crippen LogP contribution in [0, 0.1) is 0 Å². The molecule has 0 aromatic rings. The fourth-order valence-corrected chi connectivity index (χ4v) is 8.92. The first-order chi connectivity index (χ1) is 37.2. The Morgan fingerprint density at radius 2 is 0.684 bits per heavy atom. The standard InChI is InChI=1S/C64H111O11P/c1-4-7-10-13-16-19-22-25-28-30-33-35-38-41-44-47-50-53-62(66)71-57-61(75-64(68)55-52-49-46-43-40-37-34-31-29-26-23-20-17-14-11-8-5-2)59-73-76(69,70)72-58-60(56-65)74-63(67)54-51-48-45-42-39-36-32-27-24-21-18-15-12-9-6-3/h7,10,16,18-19,21,25-29,32-33,35,60-61,65H,4-6,8-9,11-15,17,20,22-24,30-31,34,36-59H2,1-3H3,(H,69,70)/b10-7-,19-16-,21-18-,28-25-,29-26-,32-27-,35-33-. The summed E-state index contributed by atoms with van der Waals surface area (Å²) in [6, 6.07) is 0. The van der Waals surface area contributed by atoms with Crippen molar-refractivity contribution < 1.29 is 52.2 Å². The summed E-state index contributed by atoms with van der Waals surface area (Å²) < 4.78 is 39.6. The molecule has 0 aliphatic heterocycles. The number of phosphoric ester groups is 1. The first-order valence-electron chi connectivity index (χ1n) is 30.5. The predicted molar refractivity (Wildman–Crippen MR) is 316 cm³/mol. The largest absolute Gasteiger partial charge is 0.472 e. The van der Waals surface area contributed by atoms with E-state index in [2.05, 4.69) is 106 Å². The highest BCUT2D eigenvalue weighted by molar-refractivity contribution is 7.47. The molecule has 3 unspecified atom stereocenters. The number of carbonyl (C=O) groups is 3. The van der Waals surface area contributed by atoms with E-state index in [0.717, 1.165) is 128 Å². The van der Waals surface area contributed by atoms with Gasteiger partial charge in [-0.15, -0.1) is 0 Å². The third-order valence-electron chi connectivity index (χ3n) is 12.8. The van der Waals surface area contributed by atoms with Gasteiger partial charge in [0.15, 0.2) is 6.10 Å². The molecule has 3 atom stereocenters. The van der Waals surface area contributed by atoms with Crippen molar-refractivity contribution in [1.82, 2.24) is 0 Å². The summed E-state index contributed by atoms with van der Waals surface area (Å²) in [7, 11) is -4.76. The lowest BCUT2D eigenvalue weighted by Crippen LogP contribution is -2.30. The predicted octanol–water partition coefficient (Wildman–Crippen LogP) is 18.3. The van der Waals surface area contributed by atoms with Crippen LogP contribution in [0.2, 0.25) is 0 Å². The second kappa shape index (κ2) is 57.8. The molecule has 0 bridgehead atoms. The van der Waals surface area contributed by atoms with Crippen molar-refractivity contribution in [3.63, 3.8) is 0 Å². The minimum absolute atomic E-state index is 0.154. The van der Waals surface area contributed by atoms with Crippen molar-refractivity contribution >= 4 is 25.7 Å². The lowest BCUT2D eigenvalue weighted by molar-refractivity contribution is -0.161. The number of allylic oxidation sites excluding steroid dienone is 14. The highest BCUT2D eigenvalue weighted by atomic mass is 31.2. The van der Waals surface area contributed by atoms with E-state index < -0.39 is 57.8 Å². The van der Waals surface area contributed by atoms with Crippen LogP contribution < -0.4 is 0 Å². The van der Waals surface area contributed by atoms with Crippen LogP contribution in [0.4, 0.5) is 0 Å². The molecule has 0 saturated carbocycles. The number of aliphatic hydroxyl groups excluding tert-OH is 1. The molecule has 2 N–H and O–H groups in total. The Hall–Kier alpha value is -3.34. The monoisotopic (exact) mass is 1090 g/mol. The van der Waals surface area contributed by atoms with Gasteiger partial charge in [0.05, 0.1) is 19.8 Å². The van der Waals surface area contributed by atoms with Gasteiger partial charge >= 0.3 is 25.7 Å². The van der Waals surface area contributed by atoms with Crippen LogP contribution in [0.15, 0.2) is 85.1 Å². The fraction of sp³-hybridized carbons (Fsp3) is 0.734. The zero-order chi connectivity index (χ0) is 55.5. The highest BCUT2D eigenvalue weighted by Gasteiger charge is 2.28. The molecule has 0 heterocycles. The zero-order valence-electron chi connectivity index (χ0n) is 48.5. The van der Waals surface area contributed by atoms with Gasteiger partial charge in [0, 0.05) is 19.3 Å². The molecule has 12 heteroatoms. The smallest absolute Gasteiger partial charge is 0.462 e. The number of hydrogen-bond donors (Lipinski definition) is 2. The van der Waals surface area contributed by atoms with E-state index in [0.29, 0.717) is 19.3 Å². The summed E-state index contributed by atoms with van der Waals surface area (Å²) in [6.07, 6.45) is 66.7. The maximum atomic E-state index is 12.9. The first-order valence-corrected chi connectivity index (χ1v) is 32.0. The SMILES string of the molecule is CC/C=C\C/C=C\C/C=C\C/C=C\CCCCCCC(=O)OCC(COP(=O)(O)OCC(CO)OC(=O)CCCCCCC/C=C\C/C=C\CCCCC)OC(=O)CCCCCCCCC/C=C\CCCCCCCC. The molecule has 11 nitrogen and oxygen atoms in total. The quantitative estimate of drug-likeness (QED) is 0.0197. The molecule has 0 spiro atoms. The summed E-state index contributed by atoms with van der Waals surface area (Å²) in [4.78, 5) is 48.6. The van der Waals surface area contributed by atoms with Crippen LogP contribution in [0.5, 0.6) is 0 Å². The second-order valence-electron chi connectivity index (χ2n) is 20.1. The molecule has 0 aliphatic carbocycles. The van der Waals surface area contributed by atoms with Gasteiger partial charge < -0.3 is 24.2 Å². The molecule has 0 aromatic heterocycles. The van der Waals surface area contributed by atoms with Crippen molar-refractivity contribution in [2.24, 2.45) is 0 Å². The van der Waals surface area contributed by atoms with Gasteiger partial charge in [0.2, 0.25) is 0 Å². The molecule has 0 fully saturated rings. The van der Waals surface area contributed by atoms with Gasteiger partial charge in [0.1, 0.15) is 12.7 Å². The molecule has 0 radical (unpaired) electrons. The van der Waals surface area contributed by atoms with Crippen molar-refractivity contribution in [3.8, 4) is 0 Å². The molecular weight excluding hydrogens is 976 g/mol. The molecule has 0 aromatic carbocycles. The highest BCUT2D eigenvalue weighted by Crippen LogP contribution is 2.43. The van der Waals surface area contributed by atoms with E-state index in [-0.39, 0.29) is 25.9 Å². The van der Waals surface area contributed by atoms with Crippen LogP contribution in [0.1, 0.15) is 265 Å². The topological polar surface area (TPSA) is 155 Å². The van der Waals surface area contributed by atoms with E-state index >= 15 is 0 Å². The number of aliphatic hydroxyl groups is 1. The Morgan fingerprint density at radius 3 is 1.09 bits per heavy atom. The van der Waals surface area contributed by atoms with E-state index in [1.54, 1.807) is 0 Å². The number of ether oxygens (including phenoxy) is 3. The molecule has 438 valence electrons. The molecule has 0 amide bonds. The van der Waals surface area contributed by atoms with Crippen LogP contribution in [-0.2, 0) is 42.2 Å². The minimum Gasteiger partial charge on any atom is -0.462 e. The molecular formula is C64H111O11P. The van der Waals surface area contributed by atoms with Crippen molar-refractivity contribution in [1.29, 1.82) is 0 Å². The maximum absolute atomic E-state index is 12.9. The number of hydrogen-bond acceptors (Lipinski definition) is 10. The third-order valence-corrected chi connectivity index (χ3v) is 13.7. The summed E-state index contributed by atoms with van der Waals surface area (Å²) in [5.74, 6) is -1.51. The molecule has 0 rings (SSSR count). The fourth-order valence-electron chi connectivity index (χ4n) is 8.14. The Kier molecular flexibility index (Phi) is 55.3. The Balaban J connectivity index is 4.77. The van der Waals surface area contributed by atoms with Gasteiger partial charge in [-0.1, -0.05) is 215 Å². The summed E-state index contributed by atoms with van der Waals surface area (Å²) in [6.45, 7) is 4.47. The van der Waals surface area contributed by atoms with Gasteiger partial charge in [0.25, 0.3) is 0 Å². The first kappa shape index (κ1) is 72.7. The third kappa shape index (κ3) is 55.4. The summed E-state index contributed by atoms with van der Waals surface area (Å²) in [5.41, 5.74) is 0. The van der Waals surface area contributed by atoms with Crippen molar-refractivity contribution in [3.05, 3.63) is 85.1 Å². The average Bonchev–Trinajstić information content (AvgIpc) is 3.41. The van der Waals surface area contributed by atoms with Gasteiger partial charge in [-0.2, -0.15) is 0 Å². The van der Waals surface area contributed by atoms with Crippen LogP contribution in [0.3, 0.4) is 0 Å². The van der Waals surface area contributed by atoms with Crippen molar-refractivity contribution in [2.45, 2.75) is 277 Å². The van der Waals surface area contributed by atoms with E-state index in [1.165, 1.54) is 77.0 Å². The lowest BCUT2D eigenvalue weighted by Gasteiger charge is -2.21. The van der Waals surface area contributed by atoms with Gasteiger partial charge in [-0.25, -0.2) is 4.57 Å².